The van der Waals surface area contributed by atoms with Gasteiger partial charge in [0, 0.05) is 22.1 Å². The Bertz CT molecular complexity index is 760. The lowest BCUT2D eigenvalue weighted by atomic mass is 9.91. The fourth-order valence-corrected chi connectivity index (χ4v) is 4.92. The van der Waals surface area contributed by atoms with E-state index >= 15 is 0 Å². The van der Waals surface area contributed by atoms with E-state index < -0.39 is 10.0 Å². The van der Waals surface area contributed by atoms with Crippen LogP contribution >= 0.6 is 23.2 Å². The minimum absolute atomic E-state index is 0.0846. The van der Waals surface area contributed by atoms with Crippen molar-refractivity contribution >= 4 is 33.2 Å². The Kier molecular flexibility index (Phi) is 4.91. The first-order valence-corrected chi connectivity index (χ1v) is 9.50. The Morgan fingerprint density at radius 1 is 1.09 bits per heavy atom. The molecule has 23 heavy (non-hydrogen) atoms. The largest absolute Gasteiger partial charge is 0.317 e. The zero-order chi connectivity index (χ0) is 16.4. The summed E-state index contributed by atoms with van der Waals surface area (Å²) in [6, 6.07) is 4.37. The molecule has 2 atom stereocenters. The Balaban J connectivity index is 1.75. The lowest BCUT2D eigenvalue weighted by Crippen LogP contribution is -2.38. The molecule has 1 saturated carbocycles. The summed E-state index contributed by atoms with van der Waals surface area (Å²) < 4.78 is 29.8. The smallest absolute Gasteiger partial charge is 0.240 e. The zero-order valence-electron chi connectivity index (χ0n) is 12.2. The van der Waals surface area contributed by atoms with E-state index in [1.54, 1.807) is 12.7 Å². The highest BCUT2D eigenvalue weighted by Gasteiger charge is 2.27. The van der Waals surface area contributed by atoms with Crippen LogP contribution in [0.25, 0.3) is 0 Å². The van der Waals surface area contributed by atoms with Crippen molar-refractivity contribution < 1.29 is 8.42 Å². The van der Waals surface area contributed by atoms with Crippen LogP contribution in [0.1, 0.15) is 31.7 Å². The monoisotopic (exact) mass is 374 g/mol. The van der Waals surface area contributed by atoms with Gasteiger partial charge in [0.05, 0.1) is 4.90 Å². The molecule has 1 aliphatic rings. The second-order valence-corrected chi connectivity index (χ2v) is 8.24. The molecule has 0 spiro atoms. The van der Waals surface area contributed by atoms with Crippen LogP contribution < -0.4 is 4.72 Å². The zero-order valence-corrected chi connectivity index (χ0v) is 14.5. The predicted molar refractivity (Wildman–Crippen MR) is 88.1 cm³/mol. The van der Waals surface area contributed by atoms with Gasteiger partial charge < -0.3 is 4.57 Å². The number of rotatable bonds is 4. The van der Waals surface area contributed by atoms with Gasteiger partial charge >= 0.3 is 0 Å². The number of hydrogen-bond acceptors (Lipinski definition) is 4. The standard InChI is InChI=1S/C14H16Cl2N4O2S/c15-10-4-11(16)6-14(5-10)23(21,22)19-12-2-1-3-13(7-12)20-8-17-18-9-20/h4-6,8-9,12-13,19H,1-3,7H2/t12-,13+/m0/s1. The van der Waals surface area contributed by atoms with E-state index in [0.29, 0.717) is 16.5 Å². The summed E-state index contributed by atoms with van der Waals surface area (Å²) in [4.78, 5) is 0.0846. The number of nitrogens with zero attached hydrogens (tertiary/aromatic N) is 3. The number of aromatic nitrogens is 3. The molecule has 9 heteroatoms. The van der Waals surface area contributed by atoms with Crippen LogP contribution in [-0.4, -0.2) is 29.2 Å². The van der Waals surface area contributed by atoms with Gasteiger partial charge in [-0.1, -0.05) is 23.2 Å². The Morgan fingerprint density at radius 3 is 2.39 bits per heavy atom. The van der Waals surface area contributed by atoms with Crippen LogP contribution in [0.3, 0.4) is 0 Å². The van der Waals surface area contributed by atoms with Crippen molar-refractivity contribution in [2.24, 2.45) is 0 Å². The molecule has 3 rings (SSSR count). The third kappa shape index (κ3) is 4.03. The third-order valence-corrected chi connectivity index (χ3v) is 5.91. The van der Waals surface area contributed by atoms with E-state index in [4.69, 9.17) is 23.2 Å². The van der Waals surface area contributed by atoms with E-state index in [1.807, 2.05) is 4.57 Å². The first kappa shape index (κ1) is 16.7. The van der Waals surface area contributed by atoms with Crippen molar-refractivity contribution in [1.29, 1.82) is 0 Å². The summed E-state index contributed by atoms with van der Waals surface area (Å²) >= 11 is 11.8. The number of halogens is 2. The van der Waals surface area contributed by atoms with E-state index in [9.17, 15) is 8.42 Å². The van der Waals surface area contributed by atoms with Crippen LogP contribution in [-0.2, 0) is 10.0 Å². The molecule has 6 nitrogen and oxygen atoms in total. The molecule has 0 radical (unpaired) electrons. The van der Waals surface area contributed by atoms with Gasteiger partial charge in [0.15, 0.2) is 0 Å². The highest BCUT2D eigenvalue weighted by molar-refractivity contribution is 7.89. The highest BCUT2D eigenvalue weighted by atomic mass is 35.5. The van der Waals surface area contributed by atoms with Gasteiger partial charge in [-0.2, -0.15) is 0 Å². The number of benzene rings is 1. The molecule has 1 aromatic heterocycles. The quantitative estimate of drug-likeness (QED) is 0.891. The fraction of sp³-hybridized carbons (Fsp3) is 0.429. The van der Waals surface area contributed by atoms with Crippen LogP contribution in [0.15, 0.2) is 35.7 Å². The van der Waals surface area contributed by atoms with Gasteiger partial charge in [0.25, 0.3) is 0 Å². The SMILES string of the molecule is O=S(=O)(N[C@H]1CCC[C@@H](n2cnnc2)C1)c1cc(Cl)cc(Cl)c1. The summed E-state index contributed by atoms with van der Waals surface area (Å²) in [6.45, 7) is 0. The van der Waals surface area contributed by atoms with Crippen molar-refractivity contribution in [2.45, 2.75) is 42.7 Å². The summed E-state index contributed by atoms with van der Waals surface area (Å²) in [5.74, 6) is 0. The second-order valence-electron chi connectivity index (χ2n) is 5.65. The highest BCUT2D eigenvalue weighted by Crippen LogP contribution is 2.29. The molecular formula is C14H16Cl2N4O2S. The van der Waals surface area contributed by atoms with Crippen molar-refractivity contribution in [3.63, 3.8) is 0 Å². The lowest BCUT2D eigenvalue weighted by molar-refractivity contribution is 0.305. The summed E-state index contributed by atoms with van der Waals surface area (Å²) in [5, 5.41) is 8.21. The Hall–Kier alpha value is -1.15. The van der Waals surface area contributed by atoms with Crippen LogP contribution in [0.4, 0.5) is 0 Å². The maximum Gasteiger partial charge on any atom is 0.240 e. The molecule has 1 heterocycles. The molecule has 0 saturated heterocycles. The van der Waals surface area contributed by atoms with E-state index in [0.717, 1.165) is 19.3 Å². The van der Waals surface area contributed by atoms with Crippen LogP contribution in [0.2, 0.25) is 10.0 Å². The van der Waals surface area contributed by atoms with E-state index in [2.05, 4.69) is 14.9 Å². The maximum atomic E-state index is 12.5. The van der Waals surface area contributed by atoms with Crippen LogP contribution in [0.5, 0.6) is 0 Å². The molecule has 0 aliphatic heterocycles. The molecule has 124 valence electrons. The molecule has 1 fully saturated rings. The minimum atomic E-state index is -3.66. The van der Waals surface area contributed by atoms with E-state index in [1.165, 1.54) is 18.2 Å². The molecule has 0 unspecified atom stereocenters. The average molecular weight is 375 g/mol. The van der Waals surface area contributed by atoms with Gasteiger partial charge in [0.2, 0.25) is 10.0 Å². The number of nitrogens with one attached hydrogen (secondary N) is 1. The summed E-state index contributed by atoms with van der Waals surface area (Å²) in [6.07, 6.45) is 6.75. The first-order chi connectivity index (χ1) is 10.9. The molecule has 1 aliphatic carbocycles. The summed E-state index contributed by atoms with van der Waals surface area (Å²) in [5.41, 5.74) is 0. The van der Waals surface area contributed by atoms with Crippen LogP contribution in [0, 0.1) is 0 Å². The lowest BCUT2D eigenvalue weighted by Gasteiger charge is -2.30. The normalized spacial score (nSPS) is 22.2. The van der Waals surface area contributed by atoms with Gasteiger partial charge in [-0.25, -0.2) is 13.1 Å². The van der Waals surface area contributed by atoms with Crippen molar-refractivity contribution in [2.75, 3.05) is 0 Å². The Labute approximate surface area is 144 Å². The summed E-state index contributed by atoms with van der Waals surface area (Å²) in [7, 11) is -3.66. The molecule has 1 N–H and O–H groups in total. The maximum absolute atomic E-state index is 12.5. The van der Waals surface area contributed by atoms with Crippen molar-refractivity contribution in [3.05, 3.63) is 40.9 Å². The average Bonchev–Trinajstić information content (AvgIpc) is 3.00. The third-order valence-electron chi connectivity index (χ3n) is 3.97. The molecule has 0 amide bonds. The van der Waals surface area contributed by atoms with Gasteiger partial charge in [-0.05, 0) is 43.9 Å². The van der Waals surface area contributed by atoms with Gasteiger partial charge in [0.1, 0.15) is 12.7 Å². The number of sulfonamides is 1. The molecule has 2 aromatic rings. The van der Waals surface area contributed by atoms with Gasteiger partial charge in [-0.15, -0.1) is 10.2 Å². The molecular weight excluding hydrogens is 359 g/mol. The first-order valence-electron chi connectivity index (χ1n) is 7.26. The molecule has 0 bridgehead atoms. The van der Waals surface area contributed by atoms with E-state index in [-0.39, 0.29) is 17.0 Å². The van der Waals surface area contributed by atoms with Crippen molar-refractivity contribution in [3.8, 4) is 0 Å². The molecule has 1 aromatic carbocycles. The Morgan fingerprint density at radius 2 is 1.74 bits per heavy atom. The van der Waals surface area contributed by atoms with Crippen molar-refractivity contribution in [1.82, 2.24) is 19.5 Å². The second kappa shape index (κ2) is 6.76. The minimum Gasteiger partial charge on any atom is -0.317 e. The number of hydrogen-bond donors (Lipinski definition) is 1. The fourth-order valence-electron chi connectivity index (χ4n) is 2.91. The predicted octanol–water partition coefficient (Wildman–Crippen LogP) is 3.05. The van der Waals surface area contributed by atoms with Gasteiger partial charge in [-0.3, -0.25) is 0 Å². The topological polar surface area (TPSA) is 76.9 Å².